The SMILES string of the molecule is O=C(NC1CCS(=O)CC1)c1cnc(Cl)c(Cl)c1. The van der Waals surface area contributed by atoms with E-state index in [0.29, 0.717) is 17.1 Å². The Morgan fingerprint density at radius 3 is 2.67 bits per heavy atom. The first-order valence-corrected chi connectivity index (χ1v) is 7.77. The second-order valence-electron chi connectivity index (χ2n) is 4.09. The van der Waals surface area contributed by atoms with Gasteiger partial charge in [0.1, 0.15) is 5.15 Å². The zero-order valence-electron chi connectivity index (χ0n) is 9.49. The van der Waals surface area contributed by atoms with Gasteiger partial charge in [-0.3, -0.25) is 9.00 Å². The molecule has 7 heteroatoms. The number of hydrogen-bond donors (Lipinski definition) is 1. The molecule has 2 rings (SSSR count). The van der Waals surface area contributed by atoms with Crippen LogP contribution in [0.2, 0.25) is 10.2 Å². The van der Waals surface area contributed by atoms with Gasteiger partial charge in [0, 0.05) is 34.5 Å². The molecule has 0 spiro atoms. The van der Waals surface area contributed by atoms with Crippen LogP contribution in [0.25, 0.3) is 0 Å². The molecule has 1 aromatic heterocycles. The van der Waals surface area contributed by atoms with Gasteiger partial charge < -0.3 is 5.32 Å². The number of halogens is 2. The van der Waals surface area contributed by atoms with Crippen molar-refractivity contribution in [3.05, 3.63) is 28.0 Å². The molecular formula is C11H12Cl2N2O2S. The van der Waals surface area contributed by atoms with Gasteiger partial charge in [0.05, 0.1) is 10.6 Å². The predicted molar refractivity (Wildman–Crippen MR) is 72.6 cm³/mol. The van der Waals surface area contributed by atoms with E-state index in [0.717, 1.165) is 12.8 Å². The van der Waals surface area contributed by atoms with Gasteiger partial charge >= 0.3 is 0 Å². The summed E-state index contributed by atoms with van der Waals surface area (Å²) in [6.45, 7) is 0. The molecule has 1 aliphatic rings. The van der Waals surface area contributed by atoms with Gasteiger partial charge in [0.2, 0.25) is 0 Å². The van der Waals surface area contributed by atoms with Crippen LogP contribution in [0.4, 0.5) is 0 Å². The van der Waals surface area contributed by atoms with Crippen LogP contribution in [0.1, 0.15) is 23.2 Å². The average molecular weight is 307 g/mol. The molecule has 98 valence electrons. The van der Waals surface area contributed by atoms with E-state index in [4.69, 9.17) is 23.2 Å². The number of rotatable bonds is 2. The summed E-state index contributed by atoms with van der Waals surface area (Å²) >= 11 is 11.5. The van der Waals surface area contributed by atoms with Crippen LogP contribution in [0.3, 0.4) is 0 Å². The topological polar surface area (TPSA) is 59.1 Å². The number of amides is 1. The summed E-state index contributed by atoms with van der Waals surface area (Å²) < 4.78 is 11.2. The minimum absolute atomic E-state index is 0.0738. The Morgan fingerprint density at radius 1 is 1.39 bits per heavy atom. The van der Waals surface area contributed by atoms with Crippen molar-refractivity contribution in [3.8, 4) is 0 Å². The number of pyridine rings is 1. The van der Waals surface area contributed by atoms with E-state index in [2.05, 4.69) is 10.3 Å². The summed E-state index contributed by atoms with van der Waals surface area (Å²) in [5.74, 6) is 1.06. The molecule has 4 nitrogen and oxygen atoms in total. The van der Waals surface area contributed by atoms with E-state index < -0.39 is 10.8 Å². The van der Waals surface area contributed by atoms with Crippen LogP contribution in [-0.4, -0.2) is 32.6 Å². The Morgan fingerprint density at radius 2 is 2.06 bits per heavy atom. The van der Waals surface area contributed by atoms with Crippen molar-refractivity contribution in [2.75, 3.05) is 11.5 Å². The monoisotopic (exact) mass is 306 g/mol. The van der Waals surface area contributed by atoms with Gasteiger partial charge in [0.25, 0.3) is 5.91 Å². The lowest BCUT2D eigenvalue weighted by Gasteiger charge is -2.22. The van der Waals surface area contributed by atoms with Crippen molar-refractivity contribution < 1.29 is 9.00 Å². The fourth-order valence-electron chi connectivity index (χ4n) is 1.75. The second-order valence-corrected chi connectivity index (χ2v) is 6.55. The van der Waals surface area contributed by atoms with Crippen molar-refractivity contribution in [2.24, 2.45) is 0 Å². The third-order valence-electron chi connectivity index (χ3n) is 2.78. The minimum Gasteiger partial charge on any atom is -0.349 e. The molecule has 18 heavy (non-hydrogen) atoms. The molecule has 0 atom stereocenters. The van der Waals surface area contributed by atoms with E-state index >= 15 is 0 Å². The average Bonchev–Trinajstić information content (AvgIpc) is 2.35. The Balaban J connectivity index is 1.99. The number of nitrogens with one attached hydrogen (secondary N) is 1. The normalized spacial score (nSPS) is 23.7. The molecule has 0 bridgehead atoms. The predicted octanol–water partition coefficient (Wildman–Crippen LogP) is 2.03. The minimum atomic E-state index is -0.729. The number of carbonyl (C=O) groups excluding carboxylic acids is 1. The summed E-state index contributed by atoms with van der Waals surface area (Å²) in [6, 6.07) is 1.57. The summed E-state index contributed by atoms with van der Waals surface area (Å²) in [5, 5.41) is 3.33. The Kier molecular flexibility index (Phi) is 4.59. The summed E-state index contributed by atoms with van der Waals surface area (Å²) in [5.41, 5.74) is 0.385. The summed E-state index contributed by atoms with van der Waals surface area (Å²) in [7, 11) is -0.729. The molecule has 1 aromatic rings. The van der Waals surface area contributed by atoms with E-state index in [1.807, 2.05) is 0 Å². The number of carbonyl (C=O) groups is 1. The van der Waals surface area contributed by atoms with Crippen molar-refractivity contribution in [1.29, 1.82) is 0 Å². The summed E-state index contributed by atoms with van der Waals surface area (Å²) in [6.07, 6.45) is 2.88. The molecule has 1 fully saturated rings. The zero-order chi connectivity index (χ0) is 13.1. The molecule has 0 saturated carbocycles. The Bertz CT molecular complexity index is 486. The lowest BCUT2D eigenvalue weighted by Crippen LogP contribution is -2.39. The number of aromatic nitrogens is 1. The third kappa shape index (κ3) is 3.43. The van der Waals surface area contributed by atoms with E-state index in [1.165, 1.54) is 12.3 Å². The van der Waals surface area contributed by atoms with Gasteiger partial charge in [-0.25, -0.2) is 4.98 Å². The van der Waals surface area contributed by atoms with Crippen LogP contribution in [0.5, 0.6) is 0 Å². The first-order chi connectivity index (χ1) is 8.56. The molecule has 1 amide bonds. The lowest BCUT2D eigenvalue weighted by molar-refractivity contribution is 0.0934. The molecule has 0 radical (unpaired) electrons. The van der Waals surface area contributed by atoms with Crippen molar-refractivity contribution >= 4 is 39.9 Å². The van der Waals surface area contributed by atoms with Crippen LogP contribution < -0.4 is 5.32 Å². The summed E-state index contributed by atoms with van der Waals surface area (Å²) in [4.78, 5) is 15.8. The van der Waals surface area contributed by atoms with Crippen LogP contribution in [0, 0.1) is 0 Å². The highest BCUT2D eigenvalue weighted by Gasteiger charge is 2.20. The molecule has 0 aromatic carbocycles. The van der Waals surface area contributed by atoms with Crippen molar-refractivity contribution in [3.63, 3.8) is 0 Å². The van der Waals surface area contributed by atoms with Crippen LogP contribution >= 0.6 is 23.2 Å². The van der Waals surface area contributed by atoms with Crippen molar-refractivity contribution in [1.82, 2.24) is 10.3 Å². The smallest absolute Gasteiger partial charge is 0.253 e. The molecule has 1 N–H and O–H groups in total. The van der Waals surface area contributed by atoms with Gasteiger partial charge in [0.15, 0.2) is 0 Å². The Hall–Kier alpha value is -0.650. The van der Waals surface area contributed by atoms with Gasteiger partial charge in [-0.2, -0.15) is 0 Å². The third-order valence-corrected chi connectivity index (χ3v) is 4.85. The maximum Gasteiger partial charge on any atom is 0.253 e. The fraction of sp³-hybridized carbons (Fsp3) is 0.455. The number of hydrogen-bond acceptors (Lipinski definition) is 3. The number of nitrogens with zero attached hydrogens (tertiary/aromatic N) is 1. The van der Waals surface area contributed by atoms with Crippen LogP contribution in [0.15, 0.2) is 12.3 Å². The molecule has 1 aliphatic heterocycles. The molecule has 0 aliphatic carbocycles. The highest BCUT2D eigenvalue weighted by Crippen LogP contribution is 2.20. The molecule has 0 unspecified atom stereocenters. The van der Waals surface area contributed by atoms with Crippen LogP contribution in [-0.2, 0) is 10.8 Å². The first-order valence-electron chi connectivity index (χ1n) is 5.53. The highest BCUT2D eigenvalue weighted by atomic mass is 35.5. The van der Waals surface area contributed by atoms with Gasteiger partial charge in [-0.1, -0.05) is 23.2 Å². The van der Waals surface area contributed by atoms with E-state index in [-0.39, 0.29) is 22.1 Å². The zero-order valence-corrected chi connectivity index (χ0v) is 11.8. The maximum atomic E-state index is 11.9. The van der Waals surface area contributed by atoms with Crippen molar-refractivity contribution in [2.45, 2.75) is 18.9 Å². The molecule has 1 saturated heterocycles. The van der Waals surface area contributed by atoms with Gasteiger partial charge in [-0.05, 0) is 18.9 Å². The fourth-order valence-corrected chi connectivity index (χ4v) is 3.32. The maximum absolute atomic E-state index is 11.9. The highest BCUT2D eigenvalue weighted by molar-refractivity contribution is 7.85. The second kappa shape index (κ2) is 5.99. The molecule has 2 heterocycles. The van der Waals surface area contributed by atoms with E-state index in [9.17, 15) is 9.00 Å². The lowest BCUT2D eigenvalue weighted by atomic mass is 10.1. The quantitative estimate of drug-likeness (QED) is 0.851. The Labute approximate surface area is 118 Å². The first kappa shape index (κ1) is 13.8. The van der Waals surface area contributed by atoms with E-state index in [1.54, 1.807) is 0 Å². The molecular weight excluding hydrogens is 295 g/mol. The standard InChI is InChI=1S/C11H12Cl2N2O2S/c12-9-5-7(6-14-10(9)13)11(16)15-8-1-3-18(17)4-2-8/h5-6,8H,1-4H2,(H,15,16). The largest absolute Gasteiger partial charge is 0.349 e. The van der Waals surface area contributed by atoms with Gasteiger partial charge in [-0.15, -0.1) is 0 Å².